The monoisotopic (exact) mass is 218 g/mol. The maximum Gasteiger partial charge on any atom is 0.243 e. The zero-order valence-electron chi connectivity index (χ0n) is 7.62. The highest BCUT2D eigenvalue weighted by molar-refractivity contribution is 7.89. The topological polar surface area (TPSA) is 72.2 Å². The van der Waals surface area contributed by atoms with Crippen molar-refractivity contribution in [3.05, 3.63) is 24.0 Å². The number of halogens is 1. The van der Waals surface area contributed by atoms with Crippen LogP contribution in [0.2, 0.25) is 0 Å². The summed E-state index contributed by atoms with van der Waals surface area (Å²) in [5.41, 5.74) is 5.48. The smallest absolute Gasteiger partial charge is 0.243 e. The maximum absolute atomic E-state index is 13.2. The molecule has 0 aromatic heterocycles. The number of hydrogen-bond donors (Lipinski definition) is 2. The van der Waals surface area contributed by atoms with Crippen LogP contribution in [0.1, 0.15) is 6.92 Å². The summed E-state index contributed by atoms with van der Waals surface area (Å²) >= 11 is 0. The average Bonchev–Trinajstić information content (AvgIpc) is 2.02. The van der Waals surface area contributed by atoms with Crippen molar-refractivity contribution in [2.24, 2.45) is 0 Å². The molecule has 1 aromatic rings. The van der Waals surface area contributed by atoms with Crippen LogP contribution in [0.3, 0.4) is 0 Å². The zero-order chi connectivity index (χ0) is 10.8. The SMILES string of the molecule is CCNS(=O)(=O)c1ccc(N)cc1F. The van der Waals surface area contributed by atoms with E-state index in [4.69, 9.17) is 5.73 Å². The molecule has 6 heteroatoms. The largest absolute Gasteiger partial charge is 0.399 e. The van der Waals surface area contributed by atoms with Crippen molar-refractivity contribution in [1.82, 2.24) is 4.72 Å². The molecule has 0 aliphatic carbocycles. The van der Waals surface area contributed by atoms with E-state index < -0.39 is 15.8 Å². The highest BCUT2D eigenvalue weighted by Gasteiger charge is 2.17. The first kappa shape index (κ1) is 10.9. The predicted molar refractivity (Wildman–Crippen MR) is 51.7 cm³/mol. The number of nitrogens with two attached hydrogens (primary N) is 1. The van der Waals surface area contributed by atoms with Gasteiger partial charge in [-0.15, -0.1) is 0 Å². The summed E-state index contributed by atoms with van der Waals surface area (Å²) in [6, 6.07) is 3.46. The summed E-state index contributed by atoms with van der Waals surface area (Å²) in [4.78, 5) is -0.381. The number of nitrogen functional groups attached to an aromatic ring is 1. The van der Waals surface area contributed by atoms with Crippen molar-refractivity contribution in [1.29, 1.82) is 0 Å². The molecule has 0 heterocycles. The summed E-state index contributed by atoms with van der Waals surface area (Å²) in [5, 5.41) is 0. The van der Waals surface area contributed by atoms with Crippen molar-refractivity contribution in [2.75, 3.05) is 12.3 Å². The van der Waals surface area contributed by atoms with Crippen LogP contribution < -0.4 is 10.5 Å². The second kappa shape index (κ2) is 3.93. The van der Waals surface area contributed by atoms with Gasteiger partial charge in [0.1, 0.15) is 10.7 Å². The van der Waals surface area contributed by atoms with Gasteiger partial charge in [0.25, 0.3) is 0 Å². The van der Waals surface area contributed by atoms with Crippen molar-refractivity contribution >= 4 is 15.7 Å². The number of hydrogen-bond acceptors (Lipinski definition) is 3. The third kappa shape index (κ3) is 2.21. The summed E-state index contributed by atoms with van der Waals surface area (Å²) in [6.07, 6.45) is 0. The number of sulfonamides is 1. The quantitative estimate of drug-likeness (QED) is 0.734. The van der Waals surface area contributed by atoms with Crippen molar-refractivity contribution in [3.63, 3.8) is 0 Å². The molecule has 0 aliphatic rings. The molecule has 0 bridgehead atoms. The van der Waals surface area contributed by atoms with Gasteiger partial charge in [-0.2, -0.15) is 0 Å². The first-order valence-electron chi connectivity index (χ1n) is 4.02. The molecule has 1 rings (SSSR count). The number of benzene rings is 1. The molecule has 14 heavy (non-hydrogen) atoms. The van der Waals surface area contributed by atoms with Crippen LogP contribution in [0.15, 0.2) is 23.1 Å². The lowest BCUT2D eigenvalue weighted by Crippen LogP contribution is -2.24. The van der Waals surface area contributed by atoms with Gasteiger partial charge in [0.05, 0.1) is 0 Å². The van der Waals surface area contributed by atoms with E-state index in [-0.39, 0.29) is 17.1 Å². The molecular formula is C8H11FN2O2S. The summed E-state index contributed by atoms with van der Waals surface area (Å²) in [5.74, 6) is -0.842. The Balaban J connectivity index is 3.20. The molecule has 0 atom stereocenters. The van der Waals surface area contributed by atoms with Gasteiger partial charge in [-0.3, -0.25) is 0 Å². The Morgan fingerprint density at radius 2 is 2.14 bits per heavy atom. The molecule has 0 saturated heterocycles. The molecule has 4 nitrogen and oxygen atoms in total. The molecule has 0 aliphatic heterocycles. The van der Waals surface area contributed by atoms with E-state index in [1.54, 1.807) is 6.92 Å². The number of anilines is 1. The summed E-state index contributed by atoms with van der Waals surface area (Å²) in [6.45, 7) is 1.83. The van der Waals surface area contributed by atoms with Crippen LogP contribution in [0.5, 0.6) is 0 Å². The second-order valence-electron chi connectivity index (χ2n) is 2.69. The van der Waals surface area contributed by atoms with Crippen molar-refractivity contribution in [3.8, 4) is 0 Å². The van der Waals surface area contributed by atoms with Gasteiger partial charge in [-0.25, -0.2) is 17.5 Å². The van der Waals surface area contributed by atoms with E-state index in [0.717, 1.165) is 12.1 Å². The normalized spacial score (nSPS) is 11.6. The van der Waals surface area contributed by atoms with Gasteiger partial charge in [0.15, 0.2) is 0 Å². The highest BCUT2D eigenvalue weighted by Crippen LogP contribution is 2.16. The summed E-state index contributed by atoms with van der Waals surface area (Å²) < 4.78 is 38.1. The Morgan fingerprint density at radius 3 is 2.64 bits per heavy atom. The van der Waals surface area contributed by atoms with Gasteiger partial charge < -0.3 is 5.73 Å². The van der Waals surface area contributed by atoms with E-state index in [1.165, 1.54) is 6.07 Å². The van der Waals surface area contributed by atoms with E-state index in [0.29, 0.717) is 0 Å². The van der Waals surface area contributed by atoms with E-state index >= 15 is 0 Å². The lowest BCUT2D eigenvalue weighted by Gasteiger charge is -2.05. The molecule has 0 saturated carbocycles. The van der Waals surface area contributed by atoms with Crippen LogP contribution in [-0.2, 0) is 10.0 Å². The standard InChI is InChI=1S/C8H11FN2O2S/c1-2-11-14(12,13)8-4-3-6(10)5-7(8)9/h3-5,11H,2,10H2,1H3. The molecule has 0 spiro atoms. The molecule has 3 N–H and O–H groups in total. The summed E-state index contributed by atoms with van der Waals surface area (Å²) in [7, 11) is -3.74. The number of nitrogens with one attached hydrogen (secondary N) is 1. The predicted octanol–water partition coefficient (Wildman–Crippen LogP) is 0.706. The fraction of sp³-hybridized carbons (Fsp3) is 0.250. The molecule has 1 aromatic carbocycles. The molecule has 0 unspecified atom stereocenters. The Labute approximate surface area is 82.0 Å². The Hall–Kier alpha value is -1.14. The molecule has 0 radical (unpaired) electrons. The van der Waals surface area contributed by atoms with Crippen LogP contribution in [0, 0.1) is 5.82 Å². The van der Waals surface area contributed by atoms with E-state index in [1.807, 2.05) is 0 Å². The zero-order valence-corrected chi connectivity index (χ0v) is 8.44. The molecule has 0 fully saturated rings. The van der Waals surface area contributed by atoms with Crippen LogP contribution in [0.25, 0.3) is 0 Å². The fourth-order valence-corrected chi connectivity index (χ4v) is 2.10. The Bertz CT molecular complexity index is 431. The van der Waals surface area contributed by atoms with Crippen molar-refractivity contribution < 1.29 is 12.8 Å². The lowest BCUT2D eigenvalue weighted by atomic mass is 10.3. The minimum atomic E-state index is -3.74. The first-order valence-corrected chi connectivity index (χ1v) is 5.50. The van der Waals surface area contributed by atoms with E-state index in [9.17, 15) is 12.8 Å². The Morgan fingerprint density at radius 1 is 1.50 bits per heavy atom. The maximum atomic E-state index is 13.2. The lowest BCUT2D eigenvalue weighted by molar-refractivity contribution is 0.559. The van der Waals surface area contributed by atoms with Gasteiger partial charge in [-0.05, 0) is 18.2 Å². The van der Waals surface area contributed by atoms with Crippen LogP contribution >= 0.6 is 0 Å². The third-order valence-electron chi connectivity index (χ3n) is 1.58. The minimum absolute atomic E-state index is 0.193. The molecule has 78 valence electrons. The van der Waals surface area contributed by atoms with Crippen LogP contribution in [-0.4, -0.2) is 15.0 Å². The fourth-order valence-electron chi connectivity index (χ4n) is 1.00. The Kier molecular flexibility index (Phi) is 3.07. The second-order valence-corrected chi connectivity index (χ2v) is 4.43. The number of rotatable bonds is 3. The van der Waals surface area contributed by atoms with Crippen molar-refractivity contribution in [2.45, 2.75) is 11.8 Å². The minimum Gasteiger partial charge on any atom is -0.399 e. The van der Waals surface area contributed by atoms with Crippen LogP contribution in [0.4, 0.5) is 10.1 Å². The van der Waals surface area contributed by atoms with Gasteiger partial charge in [0, 0.05) is 12.2 Å². The van der Waals surface area contributed by atoms with Gasteiger partial charge in [0.2, 0.25) is 10.0 Å². The molecule has 0 amide bonds. The van der Waals surface area contributed by atoms with E-state index in [2.05, 4.69) is 4.72 Å². The molecular weight excluding hydrogens is 207 g/mol. The first-order chi connectivity index (χ1) is 6.47. The average molecular weight is 218 g/mol. The third-order valence-corrected chi connectivity index (χ3v) is 3.16. The van der Waals surface area contributed by atoms with Gasteiger partial charge in [-0.1, -0.05) is 6.92 Å². The highest BCUT2D eigenvalue weighted by atomic mass is 32.2. The van der Waals surface area contributed by atoms with Gasteiger partial charge >= 0.3 is 0 Å².